The van der Waals surface area contributed by atoms with Crippen LogP contribution in [-0.4, -0.2) is 31.4 Å². The van der Waals surface area contributed by atoms with Crippen molar-refractivity contribution in [3.05, 3.63) is 96.3 Å². The first kappa shape index (κ1) is 25.5. The number of anilines is 1. The lowest BCUT2D eigenvalue weighted by Crippen LogP contribution is -2.14. The second kappa shape index (κ2) is 11.2. The van der Waals surface area contributed by atoms with Crippen molar-refractivity contribution in [1.82, 2.24) is 19.7 Å². The molecule has 194 valence electrons. The number of thioether (sulfide) groups is 2. The third-order valence-electron chi connectivity index (χ3n) is 6.16. The van der Waals surface area contributed by atoms with Gasteiger partial charge in [-0.15, -0.1) is 21.5 Å². The summed E-state index contributed by atoms with van der Waals surface area (Å²) in [7, 11) is 1.90. The van der Waals surface area contributed by atoms with E-state index in [0.29, 0.717) is 16.3 Å². The summed E-state index contributed by atoms with van der Waals surface area (Å²) in [5.41, 5.74) is 3.65. The summed E-state index contributed by atoms with van der Waals surface area (Å²) in [5, 5.41) is 13.7. The highest BCUT2D eigenvalue weighted by Gasteiger charge is 2.14. The van der Waals surface area contributed by atoms with Gasteiger partial charge in [-0.3, -0.25) is 4.79 Å². The number of nitrogens with one attached hydrogen (secondary N) is 1. The molecule has 6 nitrogen and oxygen atoms in total. The first-order chi connectivity index (χ1) is 19.0. The zero-order valence-electron chi connectivity index (χ0n) is 20.8. The maximum Gasteiger partial charge on any atom is 0.234 e. The first-order valence-corrected chi connectivity index (χ1v) is 14.9. The van der Waals surface area contributed by atoms with Crippen LogP contribution in [0.25, 0.3) is 32.4 Å². The second-order valence-corrected chi connectivity index (χ2v) is 12.0. The lowest BCUT2D eigenvalue weighted by Gasteiger charge is -2.06. The van der Waals surface area contributed by atoms with E-state index >= 15 is 0 Å². The number of fused-ring (bicyclic) bond motifs is 2. The van der Waals surface area contributed by atoms with Crippen LogP contribution in [-0.2, 0) is 17.6 Å². The van der Waals surface area contributed by atoms with Gasteiger partial charge in [-0.05, 0) is 35.2 Å². The fraction of sp³-hybridized carbons (Fsp3) is 0.103. The molecule has 0 bridgehead atoms. The smallest absolute Gasteiger partial charge is 0.234 e. The number of thiazole rings is 1. The van der Waals surface area contributed by atoms with Gasteiger partial charge in [0.15, 0.2) is 15.3 Å². The number of benzene rings is 4. The Kier molecular flexibility index (Phi) is 7.32. The number of aromatic nitrogens is 4. The van der Waals surface area contributed by atoms with E-state index in [-0.39, 0.29) is 17.5 Å². The molecule has 2 aromatic heterocycles. The largest absolute Gasteiger partial charge is 0.325 e. The number of nitrogens with zero attached hydrogens (tertiary/aromatic N) is 4. The normalized spacial score (nSPS) is 11.3. The van der Waals surface area contributed by atoms with Crippen molar-refractivity contribution >= 4 is 67.4 Å². The molecule has 0 atom stereocenters. The minimum Gasteiger partial charge on any atom is -0.325 e. The van der Waals surface area contributed by atoms with Crippen LogP contribution < -0.4 is 5.32 Å². The quantitative estimate of drug-likeness (QED) is 0.192. The van der Waals surface area contributed by atoms with Gasteiger partial charge in [0, 0.05) is 29.4 Å². The van der Waals surface area contributed by atoms with Gasteiger partial charge in [-0.25, -0.2) is 9.37 Å². The first-order valence-electron chi connectivity index (χ1n) is 12.1. The number of carbonyl (C=O) groups is 1. The molecule has 0 radical (unpaired) electrons. The molecule has 0 saturated heterocycles. The Morgan fingerprint density at radius 2 is 1.74 bits per heavy atom. The van der Waals surface area contributed by atoms with Gasteiger partial charge in [0.1, 0.15) is 5.82 Å². The molecule has 10 heteroatoms. The highest BCUT2D eigenvalue weighted by Crippen LogP contribution is 2.34. The van der Waals surface area contributed by atoms with Crippen molar-refractivity contribution in [2.75, 3.05) is 11.1 Å². The van der Waals surface area contributed by atoms with Gasteiger partial charge in [-0.2, -0.15) is 0 Å². The molecular weight excluding hydrogens is 550 g/mol. The number of rotatable bonds is 8. The minimum absolute atomic E-state index is 0.120. The predicted molar refractivity (Wildman–Crippen MR) is 159 cm³/mol. The summed E-state index contributed by atoms with van der Waals surface area (Å²) in [6.07, 6.45) is 0. The third kappa shape index (κ3) is 5.54. The number of hydrogen-bond donors (Lipinski definition) is 1. The fourth-order valence-corrected chi connectivity index (χ4v) is 7.06. The maximum absolute atomic E-state index is 14.2. The SMILES string of the molecule is Cn1c(SCC(=O)Nc2ccc3nc(SCc4ccc(F)c5ccccc45)sc3c2)nnc1-c1ccccc1. The average Bonchev–Trinajstić information content (AvgIpc) is 3.54. The van der Waals surface area contributed by atoms with Gasteiger partial charge >= 0.3 is 0 Å². The highest BCUT2D eigenvalue weighted by molar-refractivity contribution is 8.00. The Morgan fingerprint density at radius 1 is 0.949 bits per heavy atom. The van der Waals surface area contributed by atoms with Gasteiger partial charge in [0.05, 0.1) is 16.0 Å². The van der Waals surface area contributed by atoms with Gasteiger partial charge in [-0.1, -0.05) is 84.2 Å². The zero-order chi connectivity index (χ0) is 26.8. The summed E-state index contributed by atoms with van der Waals surface area (Å²) in [6, 6.07) is 26.5. The number of hydrogen-bond acceptors (Lipinski definition) is 7. The molecule has 0 aliphatic carbocycles. The summed E-state index contributed by atoms with van der Waals surface area (Å²) in [5.74, 6) is 1.34. The van der Waals surface area contributed by atoms with Crippen LogP contribution in [0.5, 0.6) is 0 Å². The molecule has 0 saturated carbocycles. The maximum atomic E-state index is 14.2. The molecule has 39 heavy (non-hydrogen) atoms. The van der Waals surface area contributed by atoms with E-state index in [0.717, 1.165) is 42.6 Å². The van der Waals surface area contributed by atoms with Crippen LogP contribution in [0.4, 0.5) is 10.1 Å². The van der Waals surface area contributed by atoms with Crippen LogP contribution in [0.2, 0.25) is 0 Å². The zero-order valence-corrected chi connectivity index (χ0v) is 23.2. The van der Waals surface area contributed by atoms with Gasteiger partial charge in [0.2, 0.25) is 5.91 Å². The molecule has 6 rings (SSSR count). The van der Waals surface area contributed by atoms with E-state index in [4.69, 9.17) is 4.98 Å². The van der Waals surface area contributed by atoms with Crippen molar-refractivity contribution in [2.45, 2.75) is 15.2 Å². The van der Waals surface area contributed by atoms with E-state index in [1.807, 2.05) is 84.4 Å². The average molecular weight is 572 g/mol. The predicted octanol–water partition coefficient (Wildman–Crippen LogP) is 7.41. The Morgan fingerprint density at radius 3 is 2.59 bits per heavy atom. The molecule has 0 unspecified atom stereocenters. The standard InChI is InChI=1S/C29H22FN5OS3/c1-35-27(18-7-3-2-4-8-18)33-34-28(35)37-17-26(36)31-20-12-14-24-25(15-20)39-29(32-24)38-16-19-11-13-23(30)22-10-6-5-9-21(19)22/h2-15H,16-17H2,1H3,(H,31,36). The second-order valence-electron chi connectivity index (χ2n) is 8.77. The third-order valence-corrected chi connectivity index (χ3v) is 9.39. The van der Waals surface area contributed by atoms with Crippen molar-refractivity contribution in [1.29, 1.82) is 0 Å². The summed E-state index contributed by atoms with van der Waals surface area (Å²) in [4.78, 5) is 17.4. The number of carbonyl (C=O) groups excluding carboxylic acids is 1. The Balaban J connectivity index is 1.09. The Bertz CT molecular complexity index is 1800. The number of amides is 1. The van der Waals surface area contributed by atoms with Gasteiger partial charge < -0.3 is 9.88 Å². The van der Waals surface area contributed by atoms with Crippen LogP contribution in [0, 0.1) is 5.82 Å². The van der Waals surface area contributed by atoms with Crippen molar-refractivity contribution in [3.8, 4) is 11.4 Å². The van der Waals surface area contributed by atoms with Crippen molar-refractivity contribution in [2.24, 2.45) is 7.05 Å². The summed E-state index contributed by atoms with van der Waals surface area (Å²) in [6.45, 7) is 0. The fourth-order valence-electron chi connectivity index (χ4n) is 4.24. The molecule has 6 aromatic rings. The molecule has 4 aromatic carbocycles. The Hall–Kier alpha value is -3.73. The van der Waals surface area contributed by atoms with E-state index in [9.17, 15) is 9.18 Å². The van der Waals surface area contributed by atoms with E-state index in [2.05, 4.69) is 15.5 Å². The molecule has 0 aliphatic rings. The molecular formula is C29H22FN5OS3. The highest BCUT2D eigenvalue weighted by atomic mass is 32.2. The lowest BCUT2D eigenvalue weighted by atomic mass is 10.1. The van der Waals surface area contributed by atoms with E-state index in [1.165, 1.54) is 17.8 Å². The van der Waals surface area contributed by atoms with Crippen LogP contribution in [0.3, 0.4) is 0 Å². The van der Waals surface area contributed by atoms with Crippen molar-refractivity contribution in [3.63, 3.8) is 0 Å². The summed E-state index contributed by atoms with van der Waals surface area (Å²) < 4.78 is 18.0. The van der Waals surface area contributed by atoms with Gasteiger partial charge in [0.25, 0.3) is 0 Å². The van der Waals surface area contributed by atoms with E-state index < -0.39 is 0 Å². The van der Waals surface area contributed by atoms with Crippen LogP contribution in [0.1, 0.15) is 5.56 Å². The van der Waals surface area contributed by atoms with Crippen molar-refractivity contribution < 1.29 is 9.18 Å². The van der Waals surface area contributed by atoms with Crippen LogP contribution >= 0.6 is 34.9 Å². The lowest BCUT2D eigenvalue weighted by molar-refractivity contribution is -0.113. The molecule has 0 fully saturated rings. The molecule has 0 aliphatic heterocycles. The topological polar surface area (TPSA) is 72.7 Å². The minimum atomic E-state index is -0.208. The molecule has 0 spiro atoms. The Labute approximate surface area is 236 Å². The molecule has 1 amide bonds. The molecule has 2 heterocycles. The number of halogens is 1. The monoisotopic (exact) mass is 571 g/mol. The van der Waals surface area contributed by atoms with E-state index in [1.54, 1.807) is 29.2 Å². The van der Waals surface area contributed by atoms with Crippen LogP contribution in [0.15, 0.2) is 94.4 Å². The molecule has 1 N–H and O–H groups in total. The summed E-state index contributed by atoms with van der Waals surface area (Å²) >= 11 is 4.55.